The molecule has 0 spiro atoms. The van der Waals surface area contributed by atoms with Crippen molar-refractivity contribution in [1.29, 1.82) is 0 Å². The molecule has 0 fully saturated rings. The van der Waals surface area contributed by atoms with Crippen LogP contribution in [0.1, 0.15) is 29.7 Å². The highest BCUT2D eigenvalue weighted by atomic mass is 16.3. The lowest BCUT2D eigenvalue weighted by Gasteiger charge is -2.34. The molecule has 2 aliphatic rings. The second-order valence-electron chi connectivity index (χ2n) is 6.50. The van der Waals surface area contributed by atoms with Crippen LogP contribution in [-0.4, -0.2) is 22.7 Å². The summed E-state index contributed by atoms with van der Waals surface area (Å²) in [7, 11) is 0. The molecule has 23 heavy (non-hydrogen) atoms. The standard InChI is InChI=1S/C21H21NO/c1-15-11-18(16-7-3-2-4-8-16)14-22(13-15)21-19-10-6-5-9-17(19)12-20(21)23/h2-11,13,20-21,23H,12,14H2,1H3/t20-,21+/m1/s1. The third kappa shape index (κ3) is 2.60. The highest BCUT2D eigenvalue weighted by Gasteiger charge is 2.35. The minimum atomic E-state index is -0.341. The Morgan fingerprint density at radius 1 is 1.00 bits per heavy atom. The van der Waals surface area contributed by atoms with Crippen molar-refractivity contribution in [3.63, 3.8) is 0 Å². The molecule has 0 saturated carbocycles. The van der Waals surface area contributed by atoms with Crippen LogP contribution >= 0.6 is 0 Å². The van der Waals surface area contributed by atoms with Crippen LogP contribution in [0, 0.1) is 0 Å². The monoisotopic (exact) mass is 303 g/mol. The van der Waals surface area contributed by atoms with Gasteiger partial charge in [0.05, 0.1) is 12.1 Å². The van der Waals surface area contributed by atoms with E-state index in [2.05, 4.69) is 72.6 Å². The molecule has 4 rings (SSSR count). The summed E-state index contributed by atoms with van der Waals surface area (Å²) >= 11 is 0. The van der Waals surface area contributed by atoms with Crippen molar-refractivity contribution in [1.82, 2.24) is 4.90 Å². The van der Waals surface area contributed by atoms with Gasteiger partial charge in [-0.2, -0.15) is 0 Å². The van der Waals surface area contributed by atoms with Gasteiger partial charge in [0.2, 0.25) is 0 Å². The highest BCUT2D eigenvalue weighted by molar-refractivity contribution is 5.70. The maximum Gasteiger partial charge on any atom is 0.0825 e. The second-order valence-corrected chi connectivity index (χ2v) is 6.50. The molecule has 1 heterocycles. The molecule has 1 N–H and O–H groups in total. The first-order valence-electron chi connectivity index (χ1n) is 8.18. The van der Waals surface area contributed by atoms with Gasteiger partial charge >= 0.3 is 0 Å². The fourth-order valence-corrected chi connectivity index (χ4v) is 3.82. The summed E-state index contributed by atoms with van der Waals surface area (Å²) in [6, 6.07) is 19.0. The predicted octanol–water partition coefficient (Wildman–Crippen LogP) is 3.95. The number of benzene rings is 2. The van der Waals surface area contributed by atoms with Gasteiger partial charge in [0.1, 0.15) is 0 Å². The quantitative estimate of drug-likeness (QED) is 0.908. The van der Waals surface area contributed by atoms with Crippen molar-refractivity contribution in [2.24, 2.45) is 0 Å². The fraction of sp³-hybridized carbons (Fsp3) is 0.238. The molecule has 1 aliphatic heterocycles. The molecule has 116 valence electrons. The average molecular weight is 303 g/mol. The van der Waals surface area contributed by atoms with Crippen LogP contribution in [0.4, 0.5) is 0 Å². The van der Waals surface area contributed by atoms with E-state index in [1.54, 1.807) is 0 Å². The first-order valence-corrected chi connectivity index (χ1v) is 8.18. The number of aliphatic hydroxyl groups excluding tert-OH is 1. The molecule has 2 aromatic rings. The SMILES string of the molecule is CC1=CN([C@H]2c3ccccc3C[C@H]2O)CC(c2ccccc2)=C1. The lowest BCUT2D eigenvalue weighted by atomic mass is 9.98. The van der Waals surface area contributed by atoms with Gasteiger partial charge in [0, 0.05) is 19.2 Å². The molecular formula is C21H21NO. The Balaban J connectivity index is 1.68. The molecule has 0 unspecified atom stereocenters. The third-order valence-corrected chi connectivity index (χ3v) is 4.79. The van der Waals surface area contributed by atoms with Crippen LogP contribution in [0.2, 0.25) is 0 Å². The Morgan fingerprint density at radius 2 is 1.74 bits per heavy atom. The Hall–Kier alpha value is -2.32. The first kappa shape index (κ1) is 14.3. The molecule has 0 bridgehead atoms. The molecule has 0 saturated heterocycles. The van der Waals surface area contributed by atoms with Gasteiger partial charge in [0.15, 0.2) is 0 Å². The van der Waals surface area contributed by atoms with Crippen LogP contribution in [-0.2, 0) is 6.42 Å². The van der Waals surface area contributed by atoms with Crippen molar-refractivity contribution < 1.29 is 5.11 Å². The van der Waals surface area contributed by atoms with E-state index in [-0.39, 0.29) is 12.1 Å². The zero-order chi connectivity index (χ0) is 15.8. The summed E-state index contributed by atoms with van der Waals surface area (Å²) in [4.78, 5) is 2.30. The van der Waals surface area contributed by atoms with E-state index in [0.29, 0.717) is 0 Å². The van der Waals surface area contributed by atoms with E-state index in [9.17, 15) is 5.11 Å². The summed E-state index contributed by atoms with van der Waals surface area (Å²) in [5.41, 5.74) is 6.32. The lowest BCUT2D eigenvalue weighted by molar-refractivity contribution is 0.0932. The van der Waals surface area contributed by atoms with E-state index in [0.717, 1.165) is 13.0 Å². The maximum atomic E-state index is 10.6. The molecule has 0 aromatic heterocycles. The van der Waals surface area contributed by atoms with Gasteiger partial charge in [-0.3, -0.25) is 0 Å². The maximum absolute atomic E-state index is 10.6. The van der Waals surface area contributed by atoms with Gasteiger partial charge in [-0.05, 0) is 34.8 Å². The van der Waals surface area contributed by atoms with Crippen LogP contribution in [0.15, 0.2) is 72.4 Å². The number of aliphatic hydroxyl groups is 1. The third-order valence-electron chi connectivity index (χ3n) is 4.79. The summed E-state index contributed by atoms with van der Waals surface area (Å²) in [6.45, 7) is 2.96. The van der Waals surface area contributed by atoms with E-state index in [1.165, 1.54) is 27.8 Å². The molecule has 0 radical (unpaired) electrons. The zero-order valence-electron chi connectivity index (χ0n) is 13.3. The molecule has 2 atom stereocenters. The Morgan fingerprint density at radius 3 is 2.57 bits per heavy atom. The largest absolute Gasteiger partial charge is 0.390 e. The molecular weight excluding hydrogens is 282 g/mol. The normalized spacial score (nSPS) is 23.3. The number of nitrogens with zero attached hydrogens (tertiary/aromatic N) is 1. The fourth-order valence-electron chi connectivity index (χ4n) is 3.82. The van der Waals surface area contributed by atoms with Crippen molar-refractivity contribution in [2.45, 2.75) is 25.5 Å². The van der Waals surface area contributed by atoms with E-state index >= 15 is 0 Å². The van der Waals surface area contributed by atoms with Crippen molar-refractivity contribution in [3.8, 4) is 0 Å². The van der Waals surface area contributed by atoms with Crippen LogP contribution in [0.5, 0.6) is 0 Å². The van der Waals surface area contributed by atoms with E-state index in [4.69, 9.17) is 0 Å². The Labute approximate surface area is 137 Å². The number of rotatable bonds is 2. The van der Waals surface area contributed by atoms with Gasteiger partial charge in [-0.15, -0.1) is 0 Å². The average Bonchev–Trinajstić information content (AvgIpc) is 2.91. The molecule has 0 amide bonds. The number of hydrogen-bond donors (Lipinski definition) is 1. The number of hydrogen-bond acceptors (Lipinski definition) is 2. The number of allylic oxidation sites excluding steroid dienone is 2. The predicted molar refractivity (Wildman–Crippen MR) is 93.8 cm³/mol. The molecule has 1 aliphatic carbocycles. The first-order chi connectivity index (χ1) is 11.2. The minimum absolute atomic E-state index is 0.0496. The van der Waals surface area contributed by atoms with Crippen molar-refractivity contribution >= 4 is 5.57 Å². The van der Waals surface area contributed by atoms with Gasteiger partial charge in [0.25, 0.3) is 0 Å². The van der Waals surface area contributed by atoms with Gasteiger partial charge in [-0.1, -0.05) is 60.7 Å². The summed E-state index contributed by atoms with van der Waals surface area (Å²) in [5, 5.41) is 10.6. The highest BCUT2D eigenvalue weighted by Crippen LogP contribution is 2.38. The summed E-state index contributed by atoms with van der Waals surface area (Å²) < 4.78 is 0. The Bertz CT molecular complexity index is 775. The van der Waals surface area contributed by atoms with Crippen molar-refractivity contribution in [2.75, 3.05) is 6.54 Å². The van der Waals surface area contributed by atoms with Gasteiger partial charge < -0.3 is 10.0 Å². The van der Waals surface area contributed by atoms with E-state index in [1.807, 2.05) is 6.07 Å². The molecule has 2 nitrogen and oxygen atoms in total. The summed E-state index contributed by atoms with van der Waals surface area (Å²) in [6.07, 6.45) is 4.84. The summed E-state index contributed by atoms with van der Waals surface area (Å²) in [5.74, 6) is 0. The smallest absolute Gasteiger partial charge is 0.0825 e. The minimum Gasteiger partial charge on any atom is -0.390 e. The van der Waals surface area contributed by atoms with Crippen LogP contribution < -0.4 is 0 Å². The molecule has 2 aromatic carbocycles. The molecule has 2 heteroatoms. The Kier molecular flexibility index (Phi) is 3.55. The van der Waals surface area contributed by atoms with Crippen LogP contribution in [0.3, 0.4) is 0 Å². The van der Waals surface area contributed by atoms with Crippen LogP contribution in [0.25, 0.3) is 5.57 Å². The lowest BCUT2D eigenvalue weighted by Crippen LogP contribution is -2.33. The van der Waals surface area contributed by atoms with Crippen molar-refractivity contribution in [3.05, 3.63) is 89.1 Å². The zero-order valence-corrected chi connectivity index (χ0v) is 13.3. The topological polar surface area (TPSA) is 23.5 Å². The van der Waals surface area contributed by atoms with E-state index < -0.39 is 0 Å². The number of fused-ring (bicyclic) bond motifs is 1. The van der Waals surface area contributed by atoms with Gasteiger partial charge in [-0.25, -0.2) is 0 Å². The second kappa shape index (κ2) is 5.71.